The number of hydrogen-bond acceptors (Lipinski definition) is 4. The van der Waals surface area contributed by atoms with Gasteiger partial charge in [0.2, 0.25) is 11.8 Å². The molecule has 180 valence electrons. The van der Waals surface area contributed by atoms with E-state index in [0.29, 0.717) is 56.3 Å². The molecular weight excluding hydrogens is 452 g/mol. The molecule has 0 aromatic heterocycles. The van der Waals surface area contributed by atoms with E-state index in [1.165, 1.54) is 0 Å². The van der Waals surface area contributed by atoms with E-state index in [0.717, 1.165) is 37.1 Å². The average Bonchev–Trinajstić information content (AvgIpc) is 3.40. The molecular formula is C26H31ClN4O3. The van der Waals surface area contributed by atoms with Crippen LogP contribution in [0.2, 0.25) is 5.02 Å². The van der Waals surface area contributed by atoms with Crippen LogP contribution in [0.5, 0.6) is 0 Å². The number of nitrogens with zero attached hydrogens (tertiary/aromatic N) is 3. The van der Waals surface area contributed by atoms with Crippen LogP contribution in [0.4, 0.5) is 0 Å². The monoisotopic (exact) mass is 482 g/mol. The van der Waals surface area contributed by atoms with Gasteiger partial charge in [0.05, 0.1) is 13.0 Å². The zero-order chi connectivity index (χ0) is 23.9. The van der Waals surface area contributed by atoms with Gasteiger partial charge in [-0.1, -0.05) is 41.9 Å². The van der Waals surface area contributed by atoms with Crippen LogP contribution in [-0.4, -0.2) is 78.2 Å². The highest BCUT2D eigenvalue weighted by Gasteiger charge is 2.23. The highest BCUT2D eigenvalue weighted by Crippen LogP contribution is 2.17. The van der Waals surface area contributed by atoms with Crippen LogP contribution in [0, 0.1) is 0 Å². The van der Waals surface area contributed by atoms with Gasteiger partial charge in [-0.25, -0.2) is 0 Å². The van der Waals surface area contributed by atoms with Crippen molar-refractivity contribution in [2.45, 2.75) is 25.8 Å². The molecule has 0 unspecified atom stereocenters. The zero-order valence-corrected chi connectivity index (χ0v) is 20.1. The van der Waals surface area contributed by atoms with Gasteiger partial charge in [0.1, 0.15) is 0 Å². The largest absolute Gasteiger partial charge is 0.351 e. The second-order valence-electron chi connectivity index (χ2n) is 8.90. The molecule has 0 bridgehead atoms. The molecule has 2 aliphatic heterocycles. The van der Waals surface area contributed by atoms with Crippen molar-refractivity contribution < 1.29 is 14.4 Å². The molecule has 2 saturated heterocycles. The number of amides is 3. The Morgan fingerprint density at radius 1 is 0.824 bits per heavy atom. The predicted octanol–water partition coefficient (Wildman–Crippen LogP) is 2.58. The molecule has 0 saturated carbocycles. The van der Waals surface area contributed by atoms with Crippen molar-refractivity contribution in [3.63, 3.8) is 0 Å². The summed E-state index contributed by atoms with van der Waals surface area (Å²) in [5, 5.41) is 3.56. The molecule has 1 N–H and O–H groups in total. The summed E-state index contributed by atoms with van der Waals surface area (Å²) in [5.74, 6) is 0.0921. The number of hydrogen-bond donors (Lipinski definition) is 1. The maximum absolute atomic E-state index is 12.6. The number of rotatable bonds is 7. The van der Waals surface area contributed by atoms with Gasteiger partial charge in [-0.15, -0.1) is 0 Å². The summed E-state index contributed by atoms with van der Waals surface area (Å²) in [6.07, 6.45) is 2.44. The lowest BCUT2D eigenvalue weighted by atomic mass is 10.1. The molecule has 0 atom stereocenters. The van der Waals surface area contributed by atoms with Crippen LogP contribution in [0.15, 0.2) is 48.5 Å². The molecule has 2 aromatic rings. The number of benzene rings is 2. The Bertz CT molecular complexity index is 1010. The Morgan fingerprint density at radius 2 is 1.50 bits per heavy atom. The van der Waals surface area contributed by atoms with Crippen LogP contribution in [0.25, 0.3) is 0 Å². The molecule has 0 spiro atoms. The quantitative estimate of drug-likeness (QED) is 0.658. The van der Waals surface area contributed by atoms with E-state index in [9.17, 15) is 14.4 Å². The van der Waals surface area contributed by atoms with Crippen LogP contribution < -0.4 is 5.32 Å². The smallest absolute Gasteiger partial charge is 0.253 e. The first kappa shape index (κ1) is 24.2. The van der Waals surface area contributed by atoms with E-state index < -0.39 is 0 Å². The highest BCUT2D eigenvalue weighted by molar-refractivity contribution is 6.31. The Labute approximate surface area is 205 Å². The summed E-state index contributed by atoms with van der Waals surface area (Å²) in [5.41, 5.74) is 2.49. The summed E-state index contributed by atoms with van der Waals surface area (Å²) < 4.78 is 0. The topological polar surface area (TPSA) is 73.0 Å². The van der Waals surface area contributed by atoms with E-state index in [-0.39, 0.29) is 17.7 Å². The van der Waals surface area contributed by atoms with Crippen LogP contribution in [0.1, 0.15) is 34.3 Å². The van der Waals surface area contributed by atoms with E-state index in [1.807, 2.05) is 52.3 Å². The van der Waals surface area contributed by atoms with Crippen molar-refractivity contribution in [3.8, 4) is 0 Å². The number of carbonyl (C=O) groups excluding carboxylic acids is 3. The van der Waals surface area contributed by atoms with E-state index in [1.54, 1.807) is 6.07 Å². The van der Waals surface area contributed by atoms with Gasteiger partial charge in [-0.2, -0.15) is 0 Å². The first-order valence-corrected chi connectivity index (χ1v) is 12.3. The molecule has 2 aliphatic rings. The van der Waals surface area contributed by atoms with Gasteiger partial charge in [0.15, 0.2) is 0 Å². The SMILES string of the molecule is O=C(CN1CCN(C(=O)Cc2ccccc2Cl)CC1)NCc1ccc(C(=O)N2CCCC2)cc1. The van der Waals surface area contributed by atoms with Gasteiger partial charge >= 0.3 is 0 Å². The number of likely N-dealkylation sites (tertiary alicyclic amines) is 1. The molecule has 7 nitrogen and oxygen atoms in total. The fraction of sp³-hybridized carbons (Fsp3) is 0.423. The lowest BCUT2D eigenvalue weighted by Crippen LogP contribution is -2.51. The minimum atomic E-state index is -0.0481. The van der Waals surface area contributed by atoms with E-state index >= 15 is 0 Å². The Balaban J connectivity index is 1.17. The van der Waals surface area contributed by atoms with Gasteiger partial charge in [0, 0.05) is 56.4 Å². The number of nitrogens with one attached hydrogen (secondary N) is 1. The Hall–Kier alpha value is -2.90. The molecule has 2 aromatic carbocycles. The molecule has 8 heteroatoms. The number of halogens is 1. The summed E-state index contributed by atoms with van der Waals surface area (Å²) >= 11 is 6.17. The van der Waals surface area contributed by atoms with Crippen molar-refractivity contribution in [2.24, 2.45) is 0 Å². The Morgan fingerprint density at radius 3 is 2.18 bits per heavy atom. The van der Waals surface area contributed by atoms with Crippen molar-refractivity contribution >= 4 is 29.3 Å². The highest BCUT2D eigenvalue weighted by atomic mass is 35.5. The van der Waals surface area contributed by atoms with Gasteiger partial charge in [0.25, 0.3) is 5.91 Å². The molecule has 0 radical (unpaired) electrons. The summed E-state index contributed by atoms with van der Waals surface area (Å²) in [6.45, 7) is 4.92. The predicted molar refractivity (Wildman–Crippen MR) is 132 cm³/mol. The fourth-order valence-corrected chi connectivity index (χ4v) is 4.60. The standard InChI is InChI=1S/C26H31ClN4O3/c27-23-6-2-1-5-22(23)17-25(33)30-15-13-29(14-16-30)19-24(32)28-18-20-7-9-21(10-8-20)26(34)31-11-3-4-12-31/h1-2,5-10H,3-4,11-19H2,(H,28,32). The van der Waals surface area contributed by atoms with Crippen molar-refractivity contribution in [1.82, 2.24) is 20.0 Å². The van der Waals surface area contributed by atoms with Crippen LogP contribution >= 0.6 is 11.6 Å². The third-order valence-electron chi connectivity index (χ3n) is 6.48. The second kappa shape index (κ2) is 11.5. The van der Waals surface area contributed by atoms with Crippen molar-refractivity contribution in [1.29, 1.82) is 0 Å². The summed E-state index contributed by atoms with van der Waals surface area (Å²) in [6, 6.07) is 14.9. The minimum absolute atomic E-state index is 0.0481. The van der Waals surface area contributed by atoms with Gasteiger partial charge in [-0.05, 0) is 42.2 Å². The third-order valence-corrected chi connectivity index (χ3v) is 6.84. The van der Waals surface area contributed by atoms with Crippen molar-refractivity contribution in [2.75, 3.05) is 45.8 Å². The van der Waals surface area contributed by atoms with Gasteiger partial charge in [-0.3, -0.25) is 19.3 Å². The molecule has 3 amide bonds. The third kappa shape index (κ3) is 6.36. The van der Waals surface area contributed by atoms with E-state index in [2.05, 4.69) is 10.2 Å². The minimum Gasteiger partial charge on any atom is -0.351 e. The normalized spacial score (nSPS) is 16.5. The average molecular weight is 483 g/mol. The Kier molecular flexibility index (Phi) is 8.19. The first-order valence-electron chi connectivity index (χ1n) is 11.9. The summed E-state index contributed by atoms with van der Waals surface area (Å²) in [7, 11) is 0. The lowest BCUT2D eigenvalue weighted by molar-refractivity contribution is -0.132. The van der Waals surface area contributed by atoms with Crippen LogP contribution in [-0.2, 0) is 22.6 Å². The molecule has 0 aliphatic carbocycles. The first-order chi connectivity index (χ1) is 16.5. The number of carbonyl (C=O) groups is 3. The molecule has 2 heterocycles. The molecule has 2 fully saturated rings. The number of piperazine rings is 1. The summed E-state index contributed by atoms with van der Waals surface area (Å²) in [4.78, 5) is 43.2. The second-order valence-corrected chi connectivity index (χ2v) is 9.31. The fourth-order valence-electron chi connectivity index (χ4n) is 4.40. The van der Waals surface area contributed by atoms with E-state index in [4.69, 9.17) is 11.6 Å². The molecule has 4 rings (SSSR count). The van der Waals surface area contributed by atoms with Gasteiger partial charge < -0.3 is 15.1 Å². The van der Waals surface area contributed by atoms with Crippen LogP contribution in [0.3, 0.4) is 0 Å². The van der Waals surface area contributed by atoms with Crippen molar-refractivity contribution in [3.05, 3.63) is 70.2 Å². The maximum Gasteiger partial charge on any atom is 0.253 e. The lowest BCUT2D eigenvalue weighted by Gasteiger charge is -2.34. The maximum atomic E-state index is 12.6. The zero-order valence-electron chi connectivity index (χ0n) is 19.3. The molecule has 34 heavy (non-hydrogen) atoms.